The molecule has 1 heterocycles. The van der Waals surface area contributed by atoms with Crippen molar-refractivity contribution in [3.05, 3.63) is 24.0 Å². The van der Waals surface area contributed by atoms with E-state index >= 15 is 0 Å². The van der Waals surface area contributed by atoms with Gasteiger partial charge in [0.1, 0.15) is 0 Å². The van der Waals surface area contributed by atoms with Gasteiger partial charge < -0.3 is 4.57 Å². The zero-order valence-electron chi connectivity index (χ0n) is 8.50. The Bertz CT molecular complexity index is 256. The highest BCUT2D eigenvalue weighted by molar-refractivity contribution is 5.04. The molecule has 1 aromatic heterocycles. The summed E-state index contributed by atoms with van der Waals surface area (Å²) in [6, 6.07) is 4.35. The van der Waals surface area contributed by atoms with Crippen LogP contribution in [0.25, 0.3) is 0 Å². The van der Waals surface area contributed by atoms with Gasteiger partial charge in [-0.25, -0.2) is 0 Å². The van der Waals surface area contributed by atoms with Crippen LogP contribution in [-0.4, -0.2) is 4.57 Å². The lowest BCUT2D eigenvalue weighted by Gasteiger charge is -2.22. The van der Waals surface area contributed by atoms with Crippen molar-refractivity contribution in [2.45, 2.75) is 45.6 Å². The second-order valence-electron chi connectivity index (χ2n) is 4.31. The predicted octanol–water partition coefficient (Wildman–Crippen LogP) is 3.38. The van der Waals surface area contributed by atoms with Gasteiger partial charge in [-0.05, 0) is 37.8 Å². The molecular weight excluding hydrogens is 158 g/mol. The van der Waals surface area contributed by atoms with Crippen LogP contribution in [0.1, 0.15) is 37.8 Å². The Morgan fingerprint density at radius 1 is 1.31 bits per heavy atom. The van der Waals surface area contributed by atoms with Gasteiger partial charge in [-0.15, -0.1) is 0 Å². The van der Waals surface area contributed by atoms with Gasteiger partial charge in [0.2, 0.25) is 0 Å². The van der Waals surface area contributed by atoms with Crippen LogP contribution in [0.3, 0.4) is 0 Å². The van der Waals surface area contributed by atoms with Crippen molar-refractivity contribution in [1.29, 1.82) is 0 Å². The Morgan fingerprint density at radius 3 is 2.69 bits per heavy atom. The van der Waals surface area contributed by atoms with Crippen molar-refractivity contribution in [1.82, 2.24) is 4.57 Å². The summed E-state index contributed by atoms with van der Waals surface area (Å²) in [7, 11) is 0. The fraction of sp³-hybridized carbons (Fsp3) is 0.667. The Labute approximate surface area is 80.8 Å². The molecule has 0 amide bonds. The van der Waals surface area contributed by atoms with Crippen LogP contribution in [0.4, 0.5) is 0 Å². The summed E-state index contributed by atoms with van der Waals surface area (Å²) < 4.78 is 2.40. The van der Waals surface area contributed by atoms with Gasteiger partial charge in [-0.2, -0.15) is 0 Å². The van der Waals surface area contributed by atoms with Gasteiger partial charge >= 0.3 is 0 Å². The average Bonchev–Trinajstić information content (AvgIpc) is 2.54. The van der Waals surface area contributed by atoms with E-state index in [0.717, 1.165) is 5.92 Å². The van der Waals surface area contributed by atoms with Gasteiger partial charge in [0, 0.05) is 18.4 Å². The number of aryl methyl sites for hydroxylation is 1. The van der Waals surface area contributed by atoms with E-state index in [1.165, 1.54) is 44.3 Å². The molecular formula is C12H19N. The molecule has 1 aliphatic rings. The van der Waals surface area contributed by atoms with Crippen molar-refractivity contribution in [2.24, 2.45) is 5.92 Å². The smallest absolute Gasteiger partial charge is 0.0250 e. The molecule has 13 heavy (non-hydrogen) atoms. The Balaban J connectivity index is 1.93. The largest absolute Gasteiger partial charge is 0.351 e. The summed E-state index contributed by atoms with van der Waals surface area (Å²) in [5, 5.41) is 0. The van der Waals surface area contributed by atoms with Crippen LogP contribution in [-0.2, 0) is 6.54 Å². The van der Waals surface area contributed by atoms with E-state index in [1.807, 2.05) is 0 Å². The van der Waals surface area contributed by atoms with Crippen LogP contribution in [0, 0.1) is 12.8 Å². The van der Waals surface area contributed by atoms with Crippen LogP contribution in [0.15, 0.2) is 18.3 Å². The van der Waals surface area contributed by atoms with E-state index in [0.29, 0.717) is 0 Å². The fourth-order valence-corrected chi connectivity index (χ4v) is 2.35. The second-order valence-corrected chi connectivity index (χ2v) is 4.31. The molecule has 0 aromatic carbocycles. The summed E-state index contributed by atoms with van der Waals surface area (Å²) in [5.74, 6) is 0.944. The van der Waals surface area contributed by atoms with Gasteiger partial charge in [-0.3, -0.25) is 0 Å². The van der Waals surface area contributed by atoms with Crippen molar-refractivity contribution < 1.29 is 0 Å². The lowest BCUT2D eigenvalue weighted by atomic mass is 9.89. The molecule has 0 atom stereocenters. The lowest BCUT2D eigenvalue weighted by molar-refractivity contribution is 0.318. The molecule has 1 fully saturated rings. The SMILES string of the molecule is Cc1cccn1CC1CCCCC1. The highest BCUT2D eigenvalue weighted by Crippen LogP contribution is 2.25. The molecule has 1 saturated carbocycles. The van der Waals surface area contributed by atoms with E-state index in [9.17, 15) is 0 Å². The maximum atomic E-state index is 2.40. The summed E-state index contributed by atoms with van der Waals surface area (Å²) in [6.07, 6.45) is 9.45. The van der Waals surface area contributed by atoms with Crippen LogP contribution >= 0.6 is 0 Å². The fourth-order valence-electron chi connectivity index (χ4n) is 2.35. The number of hydrogen-bond donors (Lipinski definition) is 0. The second kappa shape index (κ2) is 3.99. The zero-order chi connectivity index (χ0) is 9.10. The quantitative estimate of drug-likeness (QED) is 0.652. The topological polar surface area (TPSA) is 4.93 Å². The molecule has 1 heteroatoms. The first-order chi connectivity index (χ1) is 6.36. The molecule has 0 N–H and O–H groups in total. The van der Waals surface area contributed by atoms with E-state index in [-0.39, 0.29) is 0 Å². The number of rotatable bonds is 2. The van der Waals surface area contributed by atoms with Crippen molar-refractivity contribution in [2.75, 3.05) is 0 Å². The van der Waals surface area contributed by atoms with Crippen LogP contribution in [0.5, 0.6) is 0 Å². The first-order valence-electron chi connectivity index (χ1n) is 5.48. The van der Waals surface area contributed by atoms with Crippen molar-refractivity contribution in [3.8, 4) is 0 Å². The molecule has 1 aliphatic carbocycles. The molecule has 0 radical (unpaired) electrons. The molecule has 2 rings (SSSR count). The Hall–Kier alpha value is -0.720. The minimum Gasteiger partial charge on any atom is -0.351 e. The van der Waals surface area contributed by atoms with Crippen LogP contribution < -0.4 is 0 Å². The standard InChI is InChI=1S/C12H19N/c1-11-6-5-9-13(11)10-12-7-3-2-4-8-12/h5-6,9,12H,2-4,7-8,10H2,1H3. The maximum absolute atomic E-state index is 2.40. The Kier molecular flexibility index (Phi) is 2.72. The summed E-state index contributed by atoms with van der Waals surface area (Å²) >= 11 is 0. The highest BCUT2D eigenvalue weighted by atomic mass is 15.0. The van der Waals surface area contributed by atoms with E-state index in [2.05, 4.69) is 29.8 Å². The molecule has 1 aromatic rings. The molecule has 1 nitrogen and oxygen atoms in total. The maximum Gasteiger partial charge on any atom is 0.0250 e. The van der Waals surface area contributed by atoms with E-state index in [4.69, 9.17) is 0 Å². The highest BCUT2D eigenvalue weighted by Gasteiger charge is 2.13. The van der Waals surface area contributed by atoms with Gasteiger partial charge in [-0.1, -0.05) is 19.3 Å². The minimum absolute atomic E-state index is 0.944. The van der Waals surface area contributed by atoms with E-state index < -0.39 is 0 Å². The monoisotopic (exact) mass is 177 g/mol. The van der Waals surface area contributed by atoms with Gasteiger partial charge in [0.15, 0.2) is 0 Å². The average molecular weight is 177 g/mol. The van der Waals surface area contributed by atoms with Crippen molar-refractivity contribution >= 4 is 0 Å². The molecule has 0 spiro atoms. The van der Waals surface area contributed by atoms with Gasteiger partial charge in [0.25, 0.3) is 0 Å². The molecule has 72 valence electrons. The first kappa shape index (κ1) is 8.86. The third kappa shape index (κ3) is 2.15. The molecule has 0 aliphatic heterocycles. The third-order valence-corrected chi connectivity index (χ3v) is 3.24. The van der Waals surface area contributed by atoms with Crippen LogP contribution in [0.2, 0.25) is 0 Å². The third-order valence-electron chi connectivity index (χ3n) is 3.24. The summed E-state index contributed by atoms with van der Waals surface area (Å²) in [4.78, 5) is 0. The number of aromatic nitrogens is 1. The van der Waals surface area contributed by atoms with E-state index in [1.54, 1.807) is 0 Å². The molecule has 0 saturated heterocycles. The Morgan fingerprint density at radius 2 is 2.08 bits per heavy atom. The zero-order valence-corrected chi connectivity index (χ0v) is 8.50. The molecule has 0 unspecified atom stereocenters. The summed E-state index contributed by atoms with van der Waals surface area (Å²) in [5.41, 5.74) is 1.41. The van der Waals surface area contributed by atoms with Gasteiger partial charge in [0.05, 0.1) is 0 Å². The normalized spacial score (nSPS) is 19.2. The first-order valence-corrected chi connectivity index (χ1v) is 5.48. The number of hydrogen-bond acceptors (Lipinski definition) is 0. The molecule has 0 bridgehead atoms. The summed E-state index contributed by atoms with van der Waals surface area (Å²) in [6.45, 7) is 3.45. The lowest BCUT2D eigenvalue weighted by Crippen LogP contribution is -2.14. The predicted molar refractivity (Wildman–Crippen MR) is 55.7 cm³/mol. The number of nitrogens with zero attached hydrogens (tertiary/aromatic N) is 1. The minimum atomic E-state index is 0.944. The van der Waals surface area contributed by atoms with Crippen molar-refractivity contribution in [3.63, 3.8) is 0 Å².